The fourth-order valence-electron chi connectivity index (χ4n) is 1.54. The number of hydrogen-bond donors (Lipinski definition) is 1. The van der Waals surface area contributed by atoms with Crippen LogP contribution in [0.15, 0.2) is 0 Å². The standard InChI is InChI=1S/C10H13F3N2O2/c11-10(12,13)8(3-14)5-15(6-9(16)17)4-7-1-2-7/h7-8H,1-2,4-6H2,(H,16,17). The van der Waals surface area contributed by atoms with Crippen LogP contribution >= 0.6 is 0 Å². The summed E-state index contributed by atoms with van der Waals surface area (Å²) in [5.41, 5.74) is 0. The topological polar surface area (TPSA) is 64.3 Å². The predicted molar refractivity (Wildman–Crippen MR) is 52.0 cm³/mol. The molecule has 0 aliphatic heterocycles. The van der Waals surface area contributed by atoms with Gasteiger partial charge < -0.3 is 5.11 Å². The number of hydrogen-bond acceptors (Lipinski definition) is 3. The molecule has 0 radical (unpaired) electrons. The number of carboxylic acids is 1. The summed E-state index contributed by atoms with van der Waals surface area (Å²) in [6.07, 6.45) is -2.77. The maximum absolute atomic E-state index is 12.4. The van der Waals surface area contributed by atoms with Gasteiger partial charge >= 0.3 is 12.1 Å². The van der Waals surface area contributed by atoms with Crippen LogP contribution in [-0.4, -0.2) is 41.8 Å². The van der Waals surface area contributed by atoms with Crippen LogP contribution in [0.2, 0.25) is 0 Å². The van der Waals surface area contributed by atoms with E-state index in [2.05, 4.69) is 0 Å². The minimum atomic E-state index is -4.60. The number of nitriles is 1. The smallest absolute Gasteiger partial charge is 0.405 e. The SMILES string of the molecule is N#CC(CN(CC(=O)O)CC1CC1)C(F)(F)F. The number of nitrogens with zero attached hydrogens (tertiary/aromatic N) is 2. The lowest BCUT2D eigenvalue weighted by molar-refractivity contribution is -0.165. The molecule has 0 spiro atoms. The van der Waals surface area contributed by atoms with E-state index in [1.54, 1.807) is 0 Å². The Labute approximate surface area is 96.6 Å². The summed E-state index contributed by atoms with van der Waals surface area (Å²) in [4.78, 5) is 11.7. The van der Waals surface area contributed by atoms with Gasteiger partial charge in [0.05, 0.1) is 12.6 Å². The van der Waals surface area contributed by atoms with Crippen molar-refractivity contribution >= 4 is 5.97 Å². The van der Waals surface area contributed by atoms with Crippen LogP contribution in [0, 0.1) is 23.2 Å². The Hall–Kier alpha value is -1.29. The van der Waals surface area contributed by atoms with E-state index >= 15 is 0 Å². The molecule has 1 fully saturated rings. The van der Waals surface area contributed by atoms with Gasteiger partial charge in [-0.3, -0.25) is 9.69 Å². The highest BCUT2D eigenvalue weighted by Crippen LogP contribution is 2.31. The number of halogens is 3. The van der Waals surface area contributed by atoms with Gasteiger partial charge in [-0.1, -0.05) is 0 Å². The molecule has 96 valence electrons. The molecule has 1 unspecified atom stereocenters. The monoisotopic (exact) mass is 250 g/mol. The summed E-state index contributed by atoms with van der Waals surface area (Å²) in [6, 6.07) is 1.18. The molecular formula is C10H13F3N2O2. The molecule has 1 saturated carbocycles. The third-order valence-corrected chi connectivity index (χ3v) is 2.56. The Morgan fingerprint density at radius 1 is 1.53 bits per heavy atom. The Kier molecular flexibility index (Phi) is 4.34. The normalized spacial score (nSPS) is 17.8. The molecule has 0 aromatic rings. The molecule has 0 bridgehead atoms. The van der Waals surface area contributed by atoms with E-state index in [1.165, 1.54) is 11.0 Å². The third kappa shape index (κ3) is 5.04. The van der Waals surface area contributed by atoms with E-state index < -0.39 is 31.2 Å². The zero-order chi connectivity index (χ0) is 13.1. The Balaban J connectivity index is 2.56. The van der Waals surface area contributed by atoms with Gasteiger partial charge in [0.25, 0.3) is 0 Å². The molecule has 1 N–H and O–H groups in total. The van der Waals surface area contributed by atoms with E-state index in [0.29, 0.717) is 6.54 Å². The van der Waals surface area contributed by atoms with Gasteiger partial charge in [-0.2, -0.15) is 18.4 Å². The number of alkyl halides is 3. The predicted octanol–water partition coefficient (Wildman–Crippen LogP) is 1.49. The van der Waals surface area contributed by atoms with Gasteiger partial charge in [0.1, 0.15) is 0 Å². The van der Waals surface area contributed by atoms with Gasteiger partial charge in [-0.05, 0) is 18.8 Å². The molecule has 0 aromatic carbocycles. The lowest BCUT2D eigenvalue weighted by Crippen LogP contribution is -2.39. The van der Waals surface area contributed by atoms with Crippen molar-refractivity contribution in [1.29, 1.82) is 5.26 Å². The van der Waals surface area contributed by atoms with Crippen LogP contribution in [0.5, 0.6) is 0 Å². The number of carboxylic acid groups (broad SMARTS) is 1. The Bertz CT molecular complexity index is 320. The Morgan fingerprint density at radius 3 is 2.47 bits per heavy atom. The summed E-state index contributed by atoms with van der Waals surface area (Å²) < 4.78 is 37.1. The van der Waals surface area contributed by atoms with E-state index in [4.69, 9.17) is 10.4 Å². The van der Waals surface area contributed by atoms with Gasteiger partial charge in [0.2, 0.25) is 0 Å². The van der Waals surface area contributed by atoms with Crippen molar-refractivity contribution < 1.29 is 23.1 Å². The van der Waals surface area contributed by atoms with E-state index in [1.807, 2.05) is 0 Å². The lowest BCUT2D eigenvalue weighted by Gasteiger charge is -2.23. The minimum absolute atomic E-state index is 0.280. The fourth-order valence-corrected chi connectivity index (χ4v) is 1.54. The zero-order valence-electron chi connectivity index (χ0n) is 9.07. The van der Waals surface area contributed by atoms with Crippen molar-refractivity contribution in [2.24, 2.45) is 11.8 Å². The van der Waals surface area contributed by atoms with Crippen LogP contribution < -0.4 is 0 Å². The molecule has 1 aliphatic rings. The van der Waals surface area contributed by atoms with Crippen molar-refractivity contribution in [3.8, 4) is 6.07 Å². The maximum atomic E-state index is 12.4. The molecule has 1 rings (SSSR count). The zero-order valence-corrected chi connectivity index (χ0v) is 9.07. The van der Waals surface area contributed by atoms with Crippen LogP contribution in [0.1, 0.15) is 12.8 Å². The molecular weight excluding hydrogens is 237 g/mol. The van der Waals surface area contributed by atoms with Crippen LogP contribution in [0.4, 0.5) is 13.2 Å². The van der Waals surface area contributed by atoms with Crippen LogP contribution in [0.3, 0.4) is 0 Å². The molecule has 0 saturated heterocycles. The third-order valence-electron chi connectivity index (χ3n) is 2.56. The van der Waals surface area contributed by atoms with Crippen LogP contribution in [0.25, 0.3) is 0 Å². The summed E-state index contributed by atoms with van der Waals surface area (Å²) in [5, 5.41) is 17.1. The first-order chi connectivity index (χ1) is 7.82. The van der Waals surface area contributed by atoms with Gasteiger partial charge in [-0.25, -0.2) is 0 Å². The summed E-state index contributed by atoms with van der Waals surface area (Å²) in [5.74, 6) is -3.02. The molecule has 0 aromatic heterocycles. The molecule has 0 heterocycles. The van der Waals surface area contributed by atoms with E-state index in [9.17, 15) is 18.0 Å². The highest BCUT2D eigenvalue weighted by atomic mass is 19.4. The average Bonchev–Trinajstić information content (AvgIpc) is 2.94. The van der Waals surface area contributed by atoms with Crippen molar-refractivity contribution in [2.45, 2.75) is 19.0 Å². The number of rotatable bonds is 6. The van der Waals surface area contributed by atoms with Crippen molar-refractivity contribution in [3.05, 3.63) is 0 Å². The van der Waals surface area contributed by atoms with E-state index in [0.717, 1.165) is 12.8 Å². The van der Waals surface area contributed by atoms with E-state index in [-0.39, 0.29) is 5.92 Å². The first-order valence-corrected chi connectivity index (χ1v) is 5.23. The molecule has 1 aliphatic carbocycles. The van der Waals surface area contributed by atoms with Crippen molar-refractivity contribution in [3.63, 3.8) is 0 Å². The average molecular weight is 250 g/mol. The first kappa shape index (κ1) is 13.8. The van der Waals surface area contributed by atoms with Crippen molar-refractivity contribution in [2.75, 3.05) is 19.6 Å². The maximum Gasteiger partial charge on any atom is 0.405 e. The molecule has 1 atom stereocenters. The number of carbonyl (C=O) groups is 1. The van der Waals surface area contributed by atoms with Gasteiger partial charge in [0.15, 0.2) is 5.92 Å². The molecule has 17 heavy (non-hydrogen) atoms. The van der Waals surface area contributed by atoms with Crippen LogP contribution in [-0.2, 0) is 4.79 Å². The quantitative estimate of drug-likeness (QED) is 0.775. The summed E-state index contributed by atoms with van der Waals surface area (Å²) in [7, 11) is 0. The summed E-state index contributed by atoms with van der Waals surface area (Å²) >= 11 is 0. The first-order valence-electron chi connectivity index (χ1n) is 5.23. The Morgan fingerprint density at radius 2 is 2.12 bits per heavy atom. The number of aliphatic carboxylic acids is 1. The highest BCUT2D eigenvalue weighted by molar-refractivity contribution is 5.69. The largest absolute Gasteiger partial charge is 0.480 e. The van der Waals surface area contributed by atoms with Gasteiger partial charge in [-0.15, -0.1) is 0 Å². The summed E-state index contributed by atoms with van der Waals surface area (Å²) in [6.45, 7) is -0.700. The molecule has 0 amide bonds. The second-order valence-corrected chi connectivity index (χ2v) is 4.25. The molecule has 4 nitrogen and oxygen atoms in total. The highest BCUT2D eigenvalue weighted by Gasteiger charge is 2.41. The van der Waals surface area contributed by atoms with Crippen molar-refractivity contribution in [1.82, 2.24) is 4.90 Å². The van der Waals surface area contributed by atoms with Gasteiger partial charge in [0, 0.05) is 13.1 Å². The fraction of sp³-hybridized carbons (Fsp3) is 0.800. The lowest BCUT2D eigenvalue weighted by atomic mass is 10.1. The molecule has 7 heteroatoms. The second kappa shape index (κ2) is 5.36. The second-order valence-electron chi connectivity index (χ2n) is 4.25. The minimum Gasteiger partial charge on any atom is -0.480 e.